The number of carbonyl (C=O) groups excluding carboxylic acids is 2. The second-order valence-electron chi connectivity index (χ2n) is 4.45. The number of primary amides is 1. The first-order valence-electron chi connectivity index (χ1n) is 6.02. The first-order chi connectivity index (χ1) is 9.47. The molecule has 0 aliphatic rings. The Morgan fingerprint density at radius 1 is 1.15 bits per heavy atom. The Labute approximate surface area is 116 Å². The number of hydrogen-bond acceptors (Lipinski definition) is 4. The Balaban J connectivity index is 2.17. The molecular formula is C15H14N2O3. The Kier molecular flexibility index (Phi) is 3.79. The van der Waals surface area contributed by atoms with E-state index in [9.17, 15) is 9.59 Å². The minimum Gasteiger partial charge on any atom is -0.422 e. The van der Waals surface area contributed by atoms with Crippen LogP contribution in [-0.2, 0) is 0 Å². The van der Waals surface area contributed by atoms with Crippen LogP contribution in [0, 0.1) is 13.8 Å². The van der Waals surface area contributed by atoms with Crippen LogP contribution >= 0.6 is 0 Å². The third-order valence-corrected chi connectivity index (χ3v) is 2.79. The second-order valence-corrected chi connectivity index (χ2v) is 4.45. The smallest absolute Gasteiger partial charge is 0.362 e. The number of rotatable bonds is 3. The number of hydrogen-bond donors (Lipinski definition) is 1. The van der Waals surface area contributed by atoms with Gasteiger partial charge in [0.05, 0.1) is 5.56 Å². The Hall–Kier alpha value is -2.69. The number of carbonyl (C=O) groups is 2. The molecule has 0 bridgehead atoms. The Morgan fingerprint density at radius 3 is 2.45 bits per heavy atom. The molecule has 20 heavy (non-hydrogen) atoms. The van der Waals surface area contributed by atoms with Crippen molar-refractivity contribution < 1.29 is 14.3 Å². The molecule has 102 valence electrons. The molecule has 5 heteroatoms. The third kappa shape index (κ3) is 3.00. The maximum Gasteiger partial charge on any atom is 0.362 e. The predicted molar refractivity (Wildman–Crippen MR) is 73.6 cm³/mol. The van der Waals surface area contributed by atoms with Crippen LogP contribution in [0.1, 0.15) is 32.0 Å². The molecule has 0 unspecified atom stereocenters. The fraction of sp³-hybridized carbons (Fsp3) is 0.133. The molecule has 0 saturated heterocycles. The predicted octanol–water partition coefficient (Wildman–Crippen LogP) is 2.02. The quantitative estimate of drug-likeness (QED) is 0.683. The molecule has 0 saturated carbocycles. The fourth-order valence-corrected chi connectivity index (χ4v) is 1.73. The Morgan fingerprint density at radius 2 is 1.90 bits per heavy atom. The minimum absolute atomic E-state index is 0.120. The van der Waals surface area contributed by atoms with Crippen LogP contribution < -0.4 is 10.5 Å². The maximum absolute atomic E-state index is 11.9. The van der Waals surface area contributed by atoms with Gasteiger partial charge in [-0.3, -0.25) is 4.79 Å². The van der Waals surface area contributed by atoms with Gasteiger partial charge in [0.2, 0.25) is 5.91 Å². The zero-order valence-electron chi connectivity index (χ0n) is 11.2. The topological polar surface area (TPSA) is 82.3 Å². The zero-order chi connectivity index (χ0) is 14.7. The molecule has 0 radical (unpaired) electrons. The lowest BCUT2D eigenvalue weighted by molar-refractivity contribution is 0.0726. The average molecular weight is 270 g/mol. The van der Waals surface area contributed by atoms with Crippen LogP contribution in [-0.4, -0.2) is 16.9 Å². The summed E-state index contributed by atoms with van der Waals surface area (Å²) in [6, 6.07) is 8.37. The largest absolute Gasteiger partial charge is 0.422 e. The van der Waals surface area contributed by atoms with E-state index in [1.807, 2.05) is 26.0 Å². The van der Waals surface area contributed by atoms with Crippen LogP contribution in [0.25, 0.3) is 0 Å². The van der Waals surface area contributed by atoms with Crippen LogP contribution in [0.5, 0.6) is 5.75 Å². The summed E-state index contributed by atoms with van der Waals surface area (Å²) in [5.41, 5.74) is 7.42. The molecule has 0 aliphatic carbocycles. The molecule has 5 nitrogen and oxygen atoms in total. The Bertz CT molecular complexity index is 663. The van der Waals surface area contributed by atoms with E-state index in [1.165, 1.54) is 18.3 Å². The summed E-state index contributed by atoms with van der Waals surface area (Å²) in [6.07, 6.45) is 1.25. The van der Waals surface area contributed by atoms with Crippen molar-refractivity contribution in [3.05, 3.63) is 58.9 Å². The van der Waals surface area contributed by atoms with Crippen molar-refractivity contribution in [2.24, 2.45) is 5.73 Å². The number of benzene rings is 1. The lowest BCUT2D eigenvalue weighted by Gasteiger charge is -2.07. The number of ether oxygens (including phenoxy) is 1. The van der Waals surface area contributed by atoms with E-state index in [-0.39, 0.29) is 11.3 Å². The van der Waals surface area contributed by atoms with Gasteiger partial charge in [-0.25, -0.2) is 9.78 Å². The van der Waals surface area contributed by atoms with Crippen molar-refractivity contribution >= 4 is 11.9 Å². The van der Waals surface area contributed by atoms with Crippen molar-refractivity contribution in [2.75, 3.05) is 0 Å². The summed E-state index contributed by atoms with van der Waals surface area (Å²) in [6.45, 7) is 3.82. The fourth-order valence-electron chi connectivity index (χ4n) is 1.73. The standard InChI is InChI=1S/C15H14N2O3/c1-9-3-6-13(10(2)7-9)20-15(19)12-5-4-11(8-17-12)14(16)18/h3-8H,1-2H3,(H2,16,18). The number of pyridine rings is 1. The monoisotopic (exact) mass is 270 g/mol. The van der Waals surface area contributed by atoms with E-state index in [4.69, 9.17) is 10.5 Å². The highest BCUT2D eigenvalue weighted by Gasteiger charge is 2.12. The molecule has 2 rings (SSSR count). The lowest BCUT2D eigenvalue weighted by Crippen LogP contribution is -2.14. The van der Waals surface area contributed by atoms with Crippen molar-refractivity contribution in [1.29, 1.82) is 0 Å². The van der Waals surface area contributed by atoms with Crippen molar-refractivity contribution in [2.45, 2.75) is 13.8 Å². The summed E-state index contributed by atoms with van der Waals surface area (Å²) in [7, 11) is 0. The van der Waals surface area contributed by atoms with Crippen molar-refractivity contribution in [3.63, 3.8) is 0 Å². The molecule has 1 heterocycles. The SMILES string of the molecule is Cc1ccc(OC(=O)c2ccc(C(N)=O)cn2)c(C)c1. The zero-order valence-corrected chi connectivity index (χ0v) is 11.2. The molecule has 1 aromatic carbocycles. The number of aromatic nitrogens is 1. The number of nitrogens with two attached hydrogens (primary N) is 1. The second kappa shape index (κ2) is 5.52. The van der Waals surface area contributed by atoms with Gasteiger partial charge in [-0.15, -0.1) is 0 Å². The van der Waals surface area contributed by atoms with Gasteiger partial charge in [0, 0.05) is 6.20 Å². The van der Waals surface area contributed by atoms with Crippen LogP contribution in [0.2, 0.25) is 0 Å². The molecule has 1 amide bonds. The molecule has 0 spiro atoms. The molecule has 2 aromatic rings. The normalized spacial score (nSPS) is 10.1. The van der Waals surface area contributed by atoms with Crippen LogP contribution in [0.3, 0.4) is 0 Å². The van der Waals surface area contributed by atoms with E-state index in [2.05, 4.69) is 4.98 Å². The van der Waals surface area contributed by atoms with Gasteiger partial charge < -0.3 is 10.5 Å². The van der Waals surface area contributed by atoms with E-state index in [0.29, 0.717) is 5.75 Å². The van der Waals surface area contributed by atoms with Gasteiger partial charge in [0.1, 0.15) is 11.4 Å². The summed E-state index contributed by atoms with van der Waals surface area (Å²) in [5, 5.41) is 0. The third-order valence-electron chi connectivity index (χ3n) is 2.79. The number of nitrogens with zero attached hydrogens (tertiary/aromatic N) is 1. The first-order valence-corrected chi connectivity index (χ1v) is 6.02. The summed E-state index contributed by atoms with van der Waals surface area (Å²) in [4.78, 5) is 26.7. The van der Waals surface area contributed by atoms with Crippen LogP contribution in [0.4, 0.5) is 0 Å². The number of esters is 1. The van der Waals surface area contributed by atoms with Crippen molar-refractivity contribution in [3.8, 4) is 5.75 Å². The molecule has 0 fully saturated rings. The van der Waals surface area contributed by atoms with E-state index in [0.717, 1.165) is 11.1 Å². The number of aryl methyl sites for hydroxylation is 2. The molecule has 1 aromatic heterocycles. The van der Waals surface area contributed by atoms with Gasteiger partial charge in [0.15, 0.2) is 0 Å². The summed E-state index contributed by atoms with van der Waals surface area (Å²) >= 11 is 0. The van der Waals surface area contributed by atoms with E-state index < -0.39 is 11.9 Å². The van der Waals surface area contributed by atoms with Gasteiger partial charge in [-0.05, 0) is 37.6 Å². The highest BCUT2D eigenvalue weighted by atomic mass is 16.5. The van der Waals surface area contributed by atoms with Crippen LogP contribution in [0.15, 0.2) is 36.5 Å². The van der Waals surface area contributed by atoms with Crippen molar-refractivity contribution in [1.82, 2.24) is 4.98 Å². The van der Waals surface area contributed by atoms with Gasteiger partial charge >= 0.3 is 5.97 Å². The maximum atomic E-state index is 11.9. The lowest BCUT2D eigenvalue weighted by atomic mass is 10.1. The number of amides is 1. The van der Waals surface area contributed by atoms with Gasteiger partial charge in [-0.2, -0.15) is 0 Å². The van der Waals surface area contributed by atoms with Gasteiger partial charge in [-0.1, -0.05) is 17.7 Å². The first kappa shape index (κ1) is 13.7. The highest BCUT2D eigenvalue weighted by molar-refractivity contribution is 5.94. The molecule has 0 aliphatic heterocycles. The summed E-state index contributed by atoms with van der Waals surface area (Å²) < 4.78 is 5.27. The molecular weight excluding hydrogens is 256 g/mol. The minimum atomic E-state index is -0.591. The van der Waals surface area contributed by atoms with E-state index >= 15 is 0 Å². The molecule has 0 atom stereocenters. The molecule has 2 N–H and O–H groups in total. The average Bonchev–Trinajstić information content (AvgIpc) is 2.42. The van der Waals surface area contributed by atoms with Gasteiger partial charge in [0.25, 0.3) is 0 Å². The summed E-state index contributed by atoms with van der Waals surface area (Å²) in [5.74, 6) is -0.679. The van der Waals surface area contributed by atoms with E-state index in [1.54, 1.807) is 6.07 Å². The highest BCUT2D eigenvalue weighted by Crippen LogP contribution is 2.19.